The Hall–Kier alpha value is -0.370. The maximum Gasteiger partial charge on any atom is 0.0670 e. The smallest absolute Gasteiger partial charge is 0.0670 e. The Morgan fingerprint density at radius 1 is 1.36 bits per heavy atom. The van der Waals surface area contributed by atoms with Crippen molar-refractivity contribution in [3.8, 4) is 6.07 Å². The molecule has 0 N–H and O–H groups in total. The first-order chi connectivity index (χ1) is 6.74. The van der Waals surface area contributed by atoms with E-state index in [9.17, 15) is 0 Å². The summed E-state index contributed by atoms with van der Waals surface area (Å²) < 4.78 is 3.25. The van der Waals surface area contributed by atoms with E-state index in [2.05, 4.69) is 55.4 Å². The zero-order valence-electron chi connectivity index (χ0n) is 7.05. The van der Waals surface area contributed by atoms with E-state index in [0.717, 1.165) is 14.5 Å². The minimum absolute atomic E-state index is 0.438. The maximum absolute atomic E-state index is 8.67. The van der Waals surface area contributed by atoms with Gasteiger partial charge in [-0.05, 0) is 54.9 Å². The molecule has 1 heterocycles. The Bertz CT molecular complexity index is 525. The largest absolute Gasteiger partial charge is 0.198 e. The Balaban J connectivity index is 2.75. The van der Waals surface area contributed by atoms with Crippen molar-refractivity contribution in [2.75, 3.05) is 0 Å². The number of hydrogen-bond acceptors (Lipinski definition) is 2. The molecule has 2 aromatic rings. The molecule has 1 aromatic carbocycles. The predicted molar refractivity (Wildman–Crippen MR) is 66.5 cm³/mol. The van der Waals surface area contributed by atoms with E-state index in [1.54, 1.807) is 11.3 Å². The first kappa shape index (κ1) is 10.2. The summed E-state index contributed by atoms with van der Waals surface area (Å²) in [6.07, 6.45) is 0.438. The third kappa shape index (κ3) is 1.60. The summed E-state index contributed by atoms with van der Waals surface area (Å²) in [5.74, 6) is 0. The summed E-state index contributed by atoms with van der Waals surface area (Å²) >= 11 is 8.71. The molecule has 70 valence electrons. The molecule has 0 fully saturated rings. The van der Waals surface area contributed by atoms with Crippen molar-refractivity contribution in [2.45, 2.75) is 6.42 Å². The Morgan fingerprint density at radius 3 is 2.86 bits per heavy atom. The topological polar surface area (TPSA) is 23.8 Å². The SMILES string of the molecule is N#CCc1cc2sccc2c(Br)c1Br. The van der Waals surface area contributed by atoms with Gasteiger partial charge in [0.1, 0.15) is 0 Å². The van der Waals surface area contributed by atoms with Crippen LogP contribution in [0.2, 0.25) is 0 Å². The van der Waals surface area contributed by atoms with Crippen molar-refractivity contribution < 1.29 is 0 Å². The average molecular weight is 331 g/mol. The quantitative estimate of drug-likeness (QED) is 0.755. The van der Waals surface area contributed by atoms with Crippen molar-refractivity contribution in [1.29, 1.82) is 5.26 Å². The number of fused-ring (bicyclic) bond motifs is 1. The van der Waals surface area contributed by atoms with Crippen molar-refractivity contribution in [2.24, 2.45) is 0 Å². The standard InChI is InChI=1S/C10H5Br2NS/c11-9-6(1-3-13)5-8-7(10(9)12)2-4-14-8/h2,4-5H,1H2. The number of halogens is 2. The summed E-state index contributed by atoms with van der Waals surface area (Å²) in [5.41, 5.74) is 1.04. The molecule has 0 atom stereocenters. The lowest BCUT2D eigenvalue weighted by Crippen LogP contribution is -1.85. The molecule has 1 aromatic heterocycles. The van der Waals surface area contributed by atoms with Crippen molar-refractivity contribution in [3.63, 3.8) is 0 Å². The number of thiophene rings is 1. The highest BCUT2D eigenvalue weighted by Crippen LogP contribution is 2.37. The second-order valence-corrected chi connectivity index (χ2v) is 5.36. The monoisotopic (exact) mass is 329 g/mol. The number of nitriles is 1. The van der Waals surface area contributed by atoms with Crippen LogP contribution in [0.3, 0.4) is 0 Å². The van der Waals surface area contributed by atoms with Crippen LogP contribution in [-0.2, 0) is 6.42 Å². The van der Waals surface area contributed by atoms with Crippen LogP contribution in [0.15, 0.2) is 26.5 Å². The molecule has 0 aliphatic carbocycles. The van der Waals surface area contributed by atoms with Gasteiger partial charge in [0.15, 0.2) is 0 Å². The van der Waals surface area contributed by atoms with Gasteiger partial charge in [0, 0.05) is 19.0 Å². The molecule has 0 unspecified atom stereocenters. The second-order valence-electron chi connectivity index (χ2n) is 2.83. The minimum Gasteiger partial charge on any atom is -0.198 e. The van der Waals surface area contributed by atoms with Crippen LogP contribution in [0.4, 0.5) is 0 Å². The van der Waals surface area contributed by atoms with Gasteiger partial charge in [0.2, 0.25) is 0 Å². The molecule has 0 bridgehead atoms. The van der Waals surface area contributed by atoms with E-state index >= 15 is 0 Å². The van der Waals surface area contributed by atoms with Crippen molar-refractivity contribution in [1.82, 2.24) is 0 Å². The summed E-state index contributed by atoms with van der Waals surface area (Å²) in [6, 6.07) is 6.30. The highest BCUT2D eigenvalue weighted by atomic mass is 79.9. The van der Waals surface area contributed by atoms with Crippen LogP contribution in [-0.4, -0.2) is 0 Å². The molecule has 1 nitrogen and oxygen atoms in total. The van der Waals surface area contributed by atoms with Gasteiger partial charge in [-0.1, -0.05) is 0 Å². The average Bonchev–Trinajstić information content (AvgIpc) is 2.62. The van der Waals surface area contributed by atoms with E-state index in [-0.39, 0.29) is 0 Å². The van der Waals surface area contributed by atoms with Gasteiger partial charge in [0.25, 0.3) is 0 Å². The van der Waals surface area contributed by atoms with Gasteiger partial charge in [-0.15, -0.1) is 11.3 Å². The predicted octanol–water partition coefficient (Wildman–Crippen LogP) is 4.49. The summed E-state index contributed by atoms with van der Waals surface area (Å²) in [7, 11) is 0. The fraction of sp³-hybridized carbons (Fsp3) is 0.100. The summed E-state index contributed by atoms with van der Waals surface area (Å²) in [5, 5.41) is 11.9. The van der Waals surface area contributed by atoms with Gasteiger partial charge in [-0.3, -0.25) is 0 Å². The highest BCUT2D eigenvalue weighted by molar-refractivity contribution is 9.13. The van der Waals surface area contributed by atoms with E-state index in [0.29, 0.717) is 6.42 Å². The minimum atomic E-state index is 0.438. The van der Waals surface area contributed by atoms with Gasteiger partial charge >= 0.3 is 0 Å². The molecule has 2 rings (SSSR count). The molecular formula is C10H5Br2NS. The van der Waals surface area contributed by atoms with Crippen LogP contribution in [0, 0.1) is 11.3 Å². The fourth-order valence-corrected chi connectivity index (χ4v) is 3.37. The normalized spacial score (nSPS) is 10.4. The van der Waals surface area contributed by atoms with E-state index in [1.165, 1.54) is 10.1 Å². The number of benzene rings is 1. The van der Waals surface area contributed by atoms with E-state index in [1.807, 2.05) is 0 Å². The lowest BCUT2D eigenvalue weighted by atomic mass is 10.1. The lowest BCUT2D eigenvalue weighted by molar-refractivity contribution is 1.25. The third-order valence-corrected chi connectivity index (χ3v) is 5.11. The van der Waals surface area contributed by atoms with E-state index < -0.39 is 0 Å². The van der Waals surface area contributed by atoms with E-state index in [4.69, 9.17) is 5.26 Å². The second kappa shape index (κ2) is 4.01. The lowest BCUT2D eigenvalue weighted by Gasteiger charge is -2.03. The molecule has 0 aliphatic heterocycles. The molecule has 4 heteroatoms. The highest BCUT2D eigenvalue weighted by Gasteiger charge is 2.09. The third-order valence-electron chi connectivity index (χ3n) is 1.98. The first-order valence-electron chi connectivity index (χ1n) is 3.95. The fourth-order valence-electron chi connectivity index (χ4n) is 1.31. The zero-order chi connectivity index (χ0) is 10.1. The van der Waals surface area contributed by atoms with Gasteiger partial charge in [-0.2, -0.15) is 5.26 Å². The summed E-state index contributed by atoms with van der Waals surface area (Å²) in [4.78, 5) is 0. The number of nitrogens with zero attached hydrogens (tertiary/aromatic N) is 1. The maximum atomic E-state index is 8.67. The molecule has 0 saturated carbocycles. The van der Waals surface area contributed by atoms with Crippen LogP contribution < -0.4 is 0 Å². The first-order valence-corrected chi connectivity index (χ1v) is 6.41. The Kier molecular flexibility index (Phi) is 2.91. The molecule has 0 amide bonds. The van der Waals surface area contributed by atoms with Crippen molar-refractivity contribution >= 4 is 53.3 Å². The van der Waals surface area contributed by atoms with Crippen LogP contribution in [0.5, 0.6) is 0 Å². The molecule has 0 saturated heterocycles. The van der Waals surface area contributed by atoms with Crippen molar-refractivity contribution in [3.05, 3.63) is 32.0 Å². The van der Waals surface area contributed by atoms with Gasteiger partial charge in [0.05, 0.1) is 12.5 Å². The molecule has 0 aliphatic rings. The van der Waals surface area contributed by atoms with Gasteiger partial charge < -0.3 is 0 Å². The van der Waals surface area contributed by atoms with Crippen LogP contribution in [0.25, 0.3) is 10.1 Å². The molecule has 0 radical (unpaired) electrons. The van der Waals surface area contributed by atoms with Crippen LogP contribution in [0.1, 0.15) is 5.56 Å². The number of hydrogen-bond donors (Lipinski definition) is 0. The molecule has 0 spiro atoms. The molecular weight excluding hydrogens is 326 g/mol. The summed E-state index contributed by atoms with van der Waals surface area (Å²) in [6.45, 7) is 0. The Morgan fingerprint density at radius 2 is 2.14 bits per heavy atom. The van der Waals surface area contributed by atoms with Crippen LogP contribution >= 0.6 is 43.2 Å². The van der Waals surface area contributed by atoms with Gasteiger partial charge in [-0.25, -0.2) is 0 Å². The zero-order valence-corrected chi connectivity index (χ0v) is 11.0. The number of rotatable bonds is 1. The molecule has 14 heavy (non-hydrogen) atoms. The Labute approximate surface area is 103 Å².